The van der Waals surface area contributed by atoms with Gasteiger partial charge < -0.3 is 20.3 Å². The van der Waals surface area contributed by atoms with Gasteiger partial charge in [-0.05, 0) is 24.6 Å². The second-order valence-corrected chi connectivity index (χ2v) is 6.87. The summed E-state index contributed by atoms with van der Waals surface area (Å²) in [7, 11) is 0. The van der Waals surface area contributed by atoms with Crippen molar-refractivity contribution >= 4 is 15.9 Å². The number of rotatable bonds is 6. The van der Waals surface area contributed by atoms with Crippen LogP contribution in [0, 0.1) is 5.41 Å². The van der Waals surface area contributed by atoms with Crippen LogP contribution in [0.3, 0.4) is 0 Å². The van der Waals surface area contributed by atoms with Gasteiger partial charge in [0.1, 0.15) is 18.5 Å². The van der Waals surface area contributed by atoms with E-state index in [4.69, 9.17) is 4.74 Å². The maximum absolute atomic E-state index is 9.92. The first-order valence-corrected chi connectivity index (χ1v) is 7.67. The highest BCUT2D eigenvalue weighted by Crippen LogP contribution is 2.40. The van der Waals surface area contributed by atoms with Crippen LogP contribution in [-0.4, -0.2) is 41.6 Å². The molecule has 1 aliphatic carbocycles. The lowest BCUT2D eigenvalue weighted by molar-refractivity contribution is -0.0755. The predicted octanol–water partition coefficient (Wildman–Crippen LogP) is 1.94. The zero-order chi connectivity index (χ0) is 14.8. The van der Waals surface area contributed by atoms with Gasteiger partial charge in [0.25, 0.3) is 0 Å². The highest BCUT2D eigenvalue weighted by atomic mass is 79.9. The van der Waals surface area contributed by atoms with Gasteiger partial charge in [-0.15, -0.1) is 0 Å². The predicted molar refractivity (Wildman–Crippen MR) is 81.8 cm³/mol. The van der Waals surface area contributed by atoms with Gasteiger partial charge in [0.15, 0.2) is 0 Å². The van der Waals surface area contributed by atoms with Crippen LogP contribution in [0.2, 0.25) is 0 Å². The SMILES string of the molecule is CC1(C)C(O)CC1NCC(O)COc1cccc(Br)c1. The van der Waals surface area contributed by atoms with E-state index in [9.17, 15) is 10.2 Å². The van der Waals surface area contributed by atoms with Crippen molar-refractivity contribution in [1.29, 1.82) is 0 Å². The third-order valence-electron chi connectivity index (χ3n) is 4.05. The zero-order valence-electron chi connectivity index (χ0n) is 11.8. The van der Waals surface area contributed by atoms with Crippen LogP contribution < -0.4 is 10.1 Å². The Morgan fingerprint density at radius 2 is 2.25 bits per heavy atom. The molecule has 0 aliphatic heterocycles. The Labute approximate surface area is 128 Å². The smallest absolute Gasteiger partial charge is 0.120 e. The average molecular weight is 344 g/mol. The molecule has 0 amide bonds. The van der Waals surface area contributed by atoms with Gasteiger partial charge in [0, 0.05) is 22.5 Å². The Kier molecular flexibility index (Phi) is 5.07. The Morgan fingerprint density at radius 3 is 2.85 bits per heavy atom. The van der Waals surface area contributed by atoms with Crippen LogP contribution in [0.1, 0.15) is 20.3 Å². The Bertz CT molecular complexity index is 452. The number of ether oxygens (including phenoxy) is 1. The molecule has 4 nitrogen and oxygen atoms in total. The Balaban J connectivity index is 1.70. The summed E-state index contributed by atoms with van der Waals surface area (Å²) in [5.41, 5.74) is -0.120. The fourth-order valence-electron chi connectivity index (χ4n) is 2.34. The van der Waals surface area contributed by atoms with Gasteiger partial charge in [-0.1, -0.05) is 35.8 Å². The summed E-state index contributed by atoms with van der Waals surface area (Å²) in [6.07, 6.45) is -0.0794. The third kappa shape index (κ3) is 3.73. The molecule has 0 aromatic heterocycles. The molecule has 20 heavy (non-hydrogen) atoms. The van der Waals surface area contributed by atoms with E-state index >= 15 is 0 Å². The minimum Gasteiger partial charge on any atom is -0.491 e. The summed E-state index contributed by atoms with van der Waals surface area (Å²) in [6, 6.07) is 7.79. The van der Waals surface area contributed by atoms with Crippen molar-refractivity contribution in [3.63, 3.8) is 0 Å². The van der Waals surface area contributed by atoms with Crippen LogP contribution >= 0.6 is 15.9 Å². The molecule has 3 N–H and O–H groups in total. The second kappa shape index (κ2) is 6.43. The first kappa shape index (κ1) is 15.8. The number of halogens is 1. The fraction of sp³-hybridized carbons (Fsp3) is 0.600. The largest absolute Gasteiger partial charge is 0.491 e. The summed E-state index contributed by atoms with van der Waals surface area (Å²) in [4.78, 5) is 0. The molecule has 1 aromatic rings. The summed E-state index contributed by atoms with van der Waals surface area (Å²) >= 11 is 3.38. The second-order valence-electron chi connectivity index (χ2n) is 5.96. The molecule has 3 unspecified atom stereocenters. The Morgan fingerprint density at radius 1 is 1.50 bits per heavy atom. The molecule has 2 rings (SSSR count). The van der Waals surface area contributed by atoms with Gasteiger partial charge in [0.05, 0.1) is 6.10 Å². The van der Waals surface area contributed by atoms with E-state index in [-0.39, 0.29) is 24.2 Å². The third-order valence-corrected chi connectivity index (χ3v) is 4.55. The molecule has 0 spiro atoms. The van der Waals surface area contributed by atoms with E-state index in [1.807, 2.05) is 38.1 Å². The van der Waals surface area contributed by atoms with E-state index in [0.717, 1.165) is 16.6 Å². The molecule has 0 saturated heterocycles. The molecule has 1 aliphatic rings. The van der Waals surface area contributed by atoms with Gasteiger partial charge in [-0.2, -0.15) is 0 Å². The molecule has 1 saturated carbocycles. The summed E-state index contributed by atoms with van der Waals surface area (Å²) in [5.74, 6) is 0.734. The molecule has 0 radical (unpaired) electrons. The first-order valence-electron chi connectivity index (χ1n) is 6.87. The standard InChI is InChI=1S/C15H22BrNO3/c1-15(2)13(7-14(15)19)17-8-11(18)9-20-12-5-3-4-10(16)6-12/h3-6,11,13-14,17-19H,7-9H2,1-2H3. The van der Waals surface area contributed by atoms with E-state index in [1.165, 1.54) is 0 Å². The highest BCUT2D eigenvalue weighted by Gasteiger charge is 2.46. The van der Waals surface area contributed by atoms with Crippen molar-refractivity contribution in [2.75, 3.05) is 13.2 Å². The first-order chi connectivity index (χ1) is 9.39. The lowest BCUT2D eigenvalue weighted by Gasteiger charge is -2.49. The molecule has 112 valence electrons. The molecule has 0 bridgehead atoms. The number of benzene rings is 1. The van der Waals surface area contributed by atoms with Gasteiger partial charge >= 0.3 is 0 Å². The van der Waals surface area contributed by atoms with E-state index in [0.29, 0.717) is 6.54 Å². The fourth-order valence-corrected chi connectivity index (χ4v) is 2.71. The van der Waals surface area contributed by atoms with Crippen LogP contribution in [-0.2, 0) is 0 Å². The van der Waals surface area contributed by atoms with E-state index in [1.54, 1.807) is 0 Å². The number of nitrogens with one attached hydrogen (secondary N) is 1. The van der Waals surface area contributed by atoms with Crippen molar-refractivity contribution in [3.05, 3.63) is 28.7 Å². The lowest BCUT2D eigenvalue weighted by Crippen LogP contribution is -2.61. The molecular weight excluding hydrogens is 322 g/mol. The van der Waals surface area contributed by atoms with Crippen LogP contribution in [0.5, 0.6) is 5.75 Å². The van der Waals surface area contributed by atoms with Gasteiger partial charge in [-0.25, -0.2) is 0 Å². The minimum atomic E-state index is -0.567. The molecular formula is C15H22BrNO3. The lowest BCUT2D eigenvalue weighted by atomic mass is 9.64. The zero-order valence-corrected chi connectivity index (χ0v) is 13.4. The summed E-state index contributed by atoms with van der Waals surface area (Å²) in [5, 5.41) is 22.9. The molecule has 3 atom stereocenters. The topological polar surface area (TPSA) is 61.7 Å². The molecule has 1 fully saturated rings. The van der Waals surface area contributed by atoms with Crippen LogP contribution in [0.4, 0.5) is 0 Å². The van der Waals surface area contributed by atoms with Crippen molar-refractivity contribution in [1.82, 2.24) is 5.32 Å². The average Bonchev–Trinajstić information content (AvgIpc) is 2.41. The summed E-state index contributed by atoms with van der Waals surface area (Å²) < 4.78 is 6.49. The van der Waals surface area contributed by atoms with Crippen molar-refractivity contribution in [2.45, 2.75) is 38.5 Å². The van der Waals surface area contributed by atoms with Crippen LogP contribution in [0.15, 0.2) is 28.7 Å². The van der Waals surface area contributed by atoms with E-state index < -0.39 is 6.10 Å². The number of hydrogen-bond acceptors (Lipinski definition) is 4. The van der Waals surface area contributed by atoms with Gasteiger partial charge in [0.2, 0.25) is 0 Å². The number of aliphatic hydroxyl groups excluding tert-OH is 2. The molecule has 5 heteroatoms. The highest BCUT2D eigenvalue weighted by molar-refractivity contribution is 9.10. The molecule has 0 heterocycles. The van der Waals surface area contributed by atoms with E-state index in [2.05, 4.69) is 21.2 Å². The van der Waals surface area contributed by atoms with Crippen molar-refractivity contribution < 1.29 is 14.9 Å². The molecule has 1 aromatic carbocycles. The minimum absolute atomic E-state index is 0.120. The quantitative estimate of drug-likeness (QED) is 0.738. The van der Waals surface area contributed by atoms with Crippen molar-refractivity contribution in [2.24, 2.45) is 5.41 Å². The van der Waals surface area contributed by atoms with Gasteiger partial charge in [-0.3, -0.25) is 0 Å². The normalized spacial score (nSPS) is 25.9. The maximum Gasteiger partial charge on any atom is 0.120 e. The van der Waals surface area contributed by atoms with Crippen LogP contribution in [0.25, 0.3) is 0 Å². The maximum atomic E-state index is 9.92. The monoisotopic (exact) mass is 343 g/mol. The summed E-state index contributed by atoms with van der Waals surface area (Å²) in [6.45, 7) is 4.78. The van der Waals surface area contributed by atoms with Crippen molar-refractivity contribution in [3.8, 4) is 5.75 Å². The number of aliphatic hydroxyl groups is 2. The number of hydrogen-bond donors (Lipinski definition) is 3. The Hall–Kier alpha value is -0.620.